The van der Waals surface area contributed by atoms with E-state index in [1.807, 2.05) is 6.07 Å². The van der Waals surface area contributed by atoms with Crippen LogP contribution in [0.3, 0.4) is 0 Å². The van der Waals surface area contributed by atoms with Crippen LogP contribution in [-0.2, 0) is 4.79 Å². The molecule has 0 heterocycles. The van der Waals surface area contributed by atoms with E-state index in [1.165, 1.54) is 12.1 Å². The van der Waals surface area contributed by atoms with E-state index < -0.39 is 5.82 Å². The number of amides is 1. The van der Waals surface area contributed by atoms with Gasteiger partial charge in [-0.1, -0.05) is 23.2 Å². The molecule has 24 heavy (non-hydrogen) atoms. The van der Waals surface area contributed by atoms with Crippen LogP contribution in [0.1, 0.15) is 24.1 Å². The van der Waals surface area contributed by atoms with Gasteiger partial charge in [-0.15, -0.1) is 0 Å². The van der Waals surface area contributed by atoms with Crippen molar-refractivity contribution in [1.29, 1.82) is 5.26 Å². The fraction of sp³-hybridized carbons (Fsp3) is 0.176. The van der Waals surface area contributed by atoms with Crippen molar-refractivity contribution in [3.63, 3.8) is 0 Å². The number of anilines is 1. The molecule has 0 saturated heterocycles. The average Bonchev–Trinajstić information content (AvgIpc) is 2.56. The minimum Gasteiger partial charge on any atom is -0.325 e. The Morgan fingerprint density at radius 1 is 1.25 bits per heavy atom. The minimum atomic E-state index is -0.563. The quantitative estimate of drug-likeness (QED) is 0.776. The summed E-state index contributed by atoms with van der Waals surface area (Å²) in [7, 11) is 0. The SMILES string of the molecule is C[C@@H](NCC(=O)Nc1ccc(C#N)cc1)c1cc(F)c(Cl)cc1Cl. The van der Waals surface area contributed by atoms with Crippen molar-refractivity contribution in [1.82, 2.24) is 5.32 Å². The van der Waals surface area contributed by atoms with E-state index in [9.17, 15) is 9.18 Å². The highest BCUT2D eigenvalue weighted by Crippen LogP contribution is 2.28. The van der Waals surface area contributed by atoms with Crippen LogP contribution < -0.4 is 10.6 Å². The van der Waals surface area contributed by atoms with Gasteiger partial charge in [-0.25, -0.2) is 4.39 Å². The van der Waals surface area contributed by atoms with Gasteiger partial charge in [0.05, 0.1) is 23.2 Å². The summed E-state index contributed by atoms with van der Waals surface area (Å²) in [4.78, 5) is 11.9. The van der Waals surface area contributed by atoms with Gasteiger partial charge in [-0.2, -0.15) is 5.26 Å². The highest BCUT2D eigenvalue weighted by Gasteiger charge is 2.14. The van der Waals surface area contributed by atoms with Gasteiger partial charge in [0.25, 0.3) is 0 Å². The zero-order valence-electron chi connectivity index (χ0n) is 12.7. The standard InChI is InChI=1S/C17H14Cl2FN3O/c1-10(13-6-16(20)15(19)7-14(13)18)22-9-17(24)23-12-4-2-11(8-21)3-5-12/h2-7,10,22H,9H2,1H3,(H,23,24)/t10-/m1/s1. The van der Waals surface area contributed by atoms with Gasteiger partial charge in [-0.3, -0.25) is 4.79 Å². The van der Waals surface area contributed by atoms with Crippen molar-refractivity contribution in [2.75, 3.05) is 11.9 Å². The maximum Gasteiger partial charge on any atom is 0.238 e. The van der Waals surface area contributed by atoms with E-state index in [0.717, 1.165) is 0 Å². The zero-order valence-corrected chi connectivity index (χ0v) is 14.2. The van der Waals surface area contributed by atoms with Crippen molar-refractivity contribution in [3.8, 4) is 6.07 Å². The zero-order chi connectivity index (χ0) is 17.7. The first-order valence-corrected chi connectivity index (χ1v) is 7.84. The first-order valence-electron chi connectivity index (χ1n) is 7.08. The van der Waals surface area contributed by atoms with E-state index >= 15 is 0 Å². The number of hydrogen-bond acceptors (Lipinski definition) is 3. The van der Waals surface area contributed by atoms with Crippen molar-refractivity contribution in [2.24, 2.45) is 0 Å². The molecule has 0 aliphatic heterocycles. The Labute approximate surface area is 149 Å². The number of nitriles is 1. The summed E-state index contributed by atoms with van der Waals surface area (Å²) < 4.78 is 13.5. The molecule has 1 amide bonds. The van der Waals surface area contributed by atoms with Gasteiger partial charge >= 0.3 is 0 Å². The molecule has 0 bridgehead atoms. The molecule has 0 aromatic heterocycles. The number of carbonyl (C=O) groups is 1. The van der Waals surface area contributed by atoms with Crippen LogP contribution in [-0.4, -0.2) is 12.5 Å². The van der Waals surface area contributed by atoms with Gasteiger partial charge in [0.1, 0.15) is 5.82 Å². The van der Waals surface area contributed by atoms with Crippen LogP contribution >= 0.6 is 23.2 Å². The van der Waals surface area contributed by atoms with Crippen molar-refractivity contribution in [2.45, 2.75) is 13.0 Å². The number of halogens is 3. The second kappa shape index (κ2) is 8.11. The Balaban J connectivity index is 1.93. The molecule has 2 aromatic carbocycles. The fourth-order valence-electron chi connectivity index (χ4n) is 2.06. The number of nitrogens with one attached hydrogen (secondary N) is 2. The summed E-state index contributed by atoms with van der Waals surface area (Å²) in [6.45, 7) is 1.78. The number of rotatable bonds is 5. The third kappa shape index (κ3) is 4.68. The van der Waals surface area contributed by atoms with Crippen LogP contribution in [0.15, 0.2) is 36.4 Å². The minimum absolute atomic E-state index is 0.0156. The molecule has 2 aromatic rings. The van der Waals surface area contributed by atoms with E-state index in [-0.39, 0.29) is 23.5 Å². The molecule has 0 spiro atoms. The topological polar surface area (TPSA) is 64.9 Å². The van der Waals surface area contributed by atoms with E-state index in [2.05, 4.69) is 10.6 Å². The first kappa shape index (κ1) is 18.2. The number of benzene rings is 2. The maximum absolute atomic E-state index is 13.5. The number of carbonyl (C=O) groups excluding carboxylic acids is 1. The van der Waals surface area contributed by atoms with Crippen LogP contribution in [0, 0.1) is 17.1 Å². The lowest BCUT2D eigenvalue weighted by molar-refractivity contribution is -0.115. The van der Waals surface area contributed by atoms with E-state index in [1.54, 1.807) is 31.2 Å². The van der Waals surface area contributed by atoms with Gasteiger partial charge in [0.2, 0.25) is 5.91 Å². The Bertz CT molecular complexity index is 788. The summed E-state index contributed by atoms with van der Waals surface area (Å²) in [5.41, 5.74) is 1.62. The lowest BCUT2D eigenvalue weighted by Gasteiger charge is -2.16. The first-order chi connectivity index (χ1) is 11.4. The lowest BCUT2D eigenvalue weighted by Crippen LogP contribution is -2.30. The predicted octanol–water partition coefficient (Wildman–Crippen LogP) is 4.29. The third-order valence-corrected chi connectivity index (χ3v) is 3.99. The molecular formula is C17H14Cl2FN3O. The lowest BCUT2D eigenvalue weighted by atomic mass is 10.1. The predicted molar refractivity (Wildman–Crippen MR) is 92.6 cm³/mol. The van der Waals surface area contributed by atoms with Crippen LogP contribution in [0.4, 0.5) is 10.1 Å². The number of hydrogen-bond donors (Lipinski definition) is 2. The van der Waals surface area contributed by atoms with Crippen molar-refractivity contribution < 1.29 is 9.18 Å². The molecule has 2 N–H and O–H groups in total. The molecule has 2 rings (SSSR count). The summed E-state index contributed by atoms with van der Waals surface area (Å²) in [6, 6.07) is 10.8. The highest BCUT2D eigenvalue weighted by molar-refractivity contribution is 6.35. The Morgan fingerprint density at radius 2 is 1.92 bits per heavy atom. The summed E-state index contributed by atoms with van der Waals surface area (Å²) in [5, 5.41) is 14.7. The fourth-order valence-corrected chi connectivity index (χ4v) is 2.61. The molecule has 4 nitrogen and oxygen atoms in total. The van der Waals surface area contributed by atoms with Gasteiger partial charge < -0.3 is 10.6 Å². The third-order valence-electron chi connectivity index (χ3n) is 3.37. The Morgan fingerprint density at radius 3 is 2.54 bits per heavy atom. The van der Waals surface area contributed by atoms with Crippen molar-refractivity contribution >= 4 is 34.8 Å². The van der Waals surface area contributed by atoms with Crippen LogP contribution in [0.5, 0.6) is 0 Å². The molecule has 0 fully saturated rings. The molecule has 7 heteroatoms. The summed E-state index contributed by atoms with van der Waals surface area (Å²) in [5.74, 6) is -0.830. The molecule has 0 aliphatic carbocycles. The van der Waals surface area contributed by atoms with Crippen LogP contribution in [0.25, 0.3) is 0 Å². The van der Waals surface area contributed by atoms with E-state index in [4.69, 9.17) is 28.5 Å². The maximum atomic E-state index is 13.5. The Kier molecular flexibility index (Phi) is 6.16. The molecule has 0 radical (unpaired) electrons. The molecule has 0 aliphatic rings. The molecule has 0 saturated carbocycles. The monoisotopic (exact) mass is 365 g/mol. The Hall–Kier alpha value is -2.13. The second-order valence-corrected chi connectivity index (χ2v) is 5.94. The molecule has 1 atom stereocenters. The van der Waals surface area contributed by atoms with Crippen molar-refractivity contribution in [3.05, 3.63) is 63.4 Å². The largest absolute Gasteiger partial charge is 0.325 e. The summed E-state index contributed by atoms with van der Waals surface area (Å²) >= 11 is 11.7. The van der Waals surface area contributed by atoms with E-state index in [0.29, 0.717) is 21.8 Å². The summed E-state index contributed by atoms with van der Waals surface area (Å²) in [6.07, 6.45) is 0. The van der Waals surface area contributed by atoms with Crippen LogP contribution in [0.2, 0.25) is 10.0 Å². The average molecular weight is 366 g/mol. The molecule has 0 unspecified atom stereocenters. The second-order valence-electron chi connectivity index (χ2n) is 5.13. The van der Waals surface area contributed by atoms with Gasteiger partial charge in [-0.05, 0) is 48.9 Å². The van der Waals surface area contributed by atoms with Gasteiger partial charge in [0.15, 0.2) is 0 Å². The molecule has 124 valence electrons. The molecular weight excluding hydrogens is 352 g/mol. The number of nitrogens with zero attached hydrogens (tertiary/aromatic N) is 1. The van der Waals surface area contributed by atoms with Gasteiger partial charge in [0, 0.05) is 16.8 Å². The normalized spacial score (nSPS) is 11.6. The smallest absolute Gasteiger partial charge is 0.238 e. The highest BCUT2D eigenvalue weighted by atomic mass is 35.5.